The molecular weight excluding hydrogens is 206 g/mol. The van der Waals surface area contributed by atoms with Gasteiger partial charge in [0.15, 0.2) is 0 Å². The summed E-state index contributed by atoms with van der Waals surface area (Å²) >= 11 is 0. The van der Waals surface area contributed by atoms with Crippen LogP contribution in [0.3, 0.4) is 0 Å². The fourth-order valence-corrected chi connectivity index (χ4v) is 1.61. The van der Waals surface area contributed by atoms with Gasteiger partial charge in [-0.05, 0) is 46.7 Å². The molecule has 2 N–H and O–H groups in total. The molecule has 0 bridgehead atoms. The zero-order valence-corrected chi connectivity index (χ0v) is 10.7. The lowest BCUT2D eigenvalue weighted by Gasteiger charge is -2.30. The Balaban J connectivity index is 2.33. The van der Waals surface area contributed by atoms with E-state index in [1.807, 2.05) is 20.8 Å². The van der Waals surface area contributed by atoms with Crippen molar-refractivity contribution in [3.05, 3.63) is 0 Å². The summed E-state index contributed by atoms with van der Waals surface area (Å²) in [7, 11) is 1.70. The number of piperidine rings is 1. The maximum Gasteiger partial charge on any atom is 0.424 e. The Labute approximate surface area is 97.5 Å². The number of hydrazine groups is 1. The quantitative estimate of drug-likeness (QED) is 0.696. The molecule has 94 valence electrons. The van der Waals surface area contributed by atoms with Crippen molar-refractivity contribution in [3.8, 4) is 0 Å². The van der Waals surface area contributed by atoms with Crippen molar-refractivity contribution < 1.29 is 9.53 Å². The third kappa shape index (κ3) is 4.81. The van der Waals surface area contributed by atoms with E-state index in [0.29, 0.717) is 6.04 Å². The minimum absolute atomic E-state index is 0.328. The third-order valence-corrected chi connectivity index (χ3v) is 2.38. The molecular formula is C11H23N3O2. The number of carbonyl (C=O) groups excluding carboxylic acids is 1. The topological polar surface area (TPSA) is 53.6 Å². The summed E-state index contributed by atoms with van der Waals surface area (Å²) in [4.78, 5) is 11.7. The normalized spacial score (nSPS) is 18.2. The highest BCUT2D eigenvalue weighted by molar-refractivity contribution is 5.67. The highest BCUT2D eigenvalue weighted by Crippen LogP contribution is 2.09. The first-order chi connectivity index (χ1) is 7.38. The highest BCUT2D eigenvalue weighted by atomic mass is 16.6. The van der Waals surface area contributed by atoms with Gasteiger partial charge in [0, 0.05) is 13.1 Å². The van der Waals surface area contributed by atoms with Gasteiger partial charge in [-0.25, -0.2) is 15.2 Å². The van der Waals surface area contributed by atoms with Crippen LogP contribution in [0.25, 0.3) is 0 Å². The van der Waals surface area contributed by atoms with E-state index in [-0.39, 0.29) is 6.09 Å². The Kier molecular flexibility index (Phi) is 4.56. The summed E-state index contributed by atoms with van der Waals surface area (Å²) in [5, 5.41) is 4.73. The molecule has 0 unspecified atom stereocenters. The minimum Gasteiger partial charge on any atom is -0.443 e. The summed E-state index contributed by atoms with van der Waals surface area (Å²) in [5.41, 5.74) is 2.72. The first kappa shape index (κ1) is 13.3. The molecule has 0 saturated carbocycles. The SMILES string of the molecule is CN(NC1CCNCC1)C(=O)OC(C)(C)C. The fourth-order valence-electron chi connectivity index (χ4n) is 1.61. The molecule has 5 heteroatoms. The summed E-state index contributed by atoms with van der Waals surface area (Å²) in [6, 6.07) is 0.360. The van der Waals surface area contributed by atoms with Crippen LogP contribution in [-0.4, -0.2) is 42.9 Å². The second-order valence-corrected chi connectivity index (χ2v) is 5.19. The van der Waals surface area contributed by atoms with Crippen LogP contribution in [0.5, 0.6) is 0 Å². The average molecular weight is 229 g/mol. The number of amides is 1. The van der Waals surface area contributed by atoms with Crippen molar-refractivity contribution in [3.63, 3.8) is 0 Å². The number of carbonyl (C=O) groups is 1. The Bertz CT molecular complexity index is 232. The summed E-state index contributed by atoms with van der Waals surface area (Å²) in [6.45, 7) is 7.59. The second-order valence-electron chi connectivity index (χ2n) is 5.19. The lowest BCUT2D eigenvalue weighted by atomic mass is 10.1. The van der Waals surface area contributed by atoms with Crippen molar-refractivity contribution in [1.29, 1.82) is 0 Å². The predicted octanol–water partition coefficient (Wildman–Crippen LogP) is 1.11. The smallest absolute Gasteiger partial charge is 0.424 e. The van der Waals surface area contributed by atoms with Crippen molar-refractivity contribution in [2.45, 2.75) is 45.3 Å². The number of nitrogens with zero attached hydrogens (tertiary/aromatic N) is 1. The number of hydrogen-bond donors (Lipinski definition) is 2. The maximum absolute atomic E-state index is 11.7. The number of hydrogen-bond acceptors (Lipinski definition) is 4. The second kappa shape index (κ2) is 5.50. The zero-order valence-electron chi connectivity index (χ0n) is 10.7. The Hall–Kier alpha value is -0.810. The summed E-state index contributed by atoms with van der Waals surface area (Å²) < 4.78 is 5.25. The van der Waals surface area contributed by atoms with E-state index < -0.39 is 5.60 Å². The Morgan fingerprint density at radius 2 is 1.94 bits per heavy atom. The van der Waals surface area contributed by atoms with Crippen LogP contribution in [0.4, 0.5) is 4.79 Å². The predicted molar refractivity (Wildman–Crippen MR) is 63.0 cm³/mol. The lowest BCUT2D eigenvalue weighted by Crippen LogP contribution is -2.50. The van der Waals surface area contributed by atoms with Crippen molar-refractivity contribution in [2.24, 2.45) is 0 Å². The van der Waals surface area contributed by atoms with E-state index in [9.17, 15) is 4.79 Å². The summed E-state index contributed by atoms with van der Waals surface area (Å²) in [5.74, 6) is 0. The number of ether oxygens (including phenoxy) is 1. The number of nitrogens with one attached hydrogen (secondary N) is 2. The first-order valence-corrected chi connectivity index (χ1v) is 5.82. The van der Waals surface area contributed by atoms with E-state index in [1.54, 1.807) is 7.05 Å². The zero-order chi connectivity index (χ0) is 12.2. The van der Waals surface area contributed by atoms with Gasteiger partial charge in [-0.1, -0.05) is 0 Å². The molecule has 0 aromatic heterocycles. The van der Waals surface area contributed by atoms with Gasteiger partial charge in [-0.15, -0.1) is 0 Å². The monoisotopic (exact) mass is 229 g/mol. The molecule has 0 aromatic carbocycles. The van der Waals surface area contributed by atoms with E-state index in [2.05, 4.69) is 10.7 Å². The van der Waals surface area contributed by atoms with Gasteiger partial charge in [-0.3, -0.25) is 0 Å². The van der Waals surface area contributed by atoms with Gasteiger partial charge in [0.2, 0.25) is 0 Å². The lowest BCUT2D eigenvalue weighted by molar-refractivity contribution is 0.0156. The van der Waals surface area contributed by atoms with Gasteiger partial charge >= 0.3 is 6.09 Å². The molecule has 0 aliphatic carbocycles. The molecule has 1 rings (SSSR count). The molecule has 5 nitrogen and oxygen atoms in total. The standard InChI is InChI=1S/C11H23N3O2/c1-11(2,3)16-10(15)14(4)13-9-5-7-12-8-6-9/h9,12-13H,5-8H2,1-4H3. The maximum atomic E-state index is 11.7. The molecule has 0 aromatic rings. The molecule has 1 aliphatic rings. The van der Waals surface area contributed by atoms with Gasteiger partial charge < -0.3 is 10.1 Å². The van der Waals surface area contributed by atoms with Crippen LogP contribution in [0.2, 0.25) is 0 Å². The van der Waals surface area contributed by atoms with E-state index in [0.717, 1.165) is 25.9 Å². The average Bonchev–Trinajstić information content (AvgIpc) is 2.16. The summed E-state index contributed by atoms with van der Waals surface area (Å²) in [6.07, 6.45) is 1.74. The van der Waals surface area contributed by atoms with Crippen LogP contribution >= 0.6 is 0 Å². The largest absolute Gasteiger partial charge is 0.443 e. The van der Waals surface area contributed by atoms with Crippen LogP contribution in [0, 0.1) is 0 Å². The van der Waals surface area contributed by atoms with Crippen molar-refractivity contribution in [2.75, 3.05) is 20.1 Å². The van der Waals surface area contributed by atoms with Gasteiger partial charge in [0.05, 0.1) is 0 Å². The van der Waals surface area contributed by atoms with E-state index >= 15 is 0 Å². The Morgan fingerprint density at radius 3 is 2.44 bits per heavy atom. The molecule has 0 atom stereocenters. The molecule has 1 saturated heterocycles. The molecule has 16 heavy (non-hydrogen) atoms. The van der Waals surface area contributed by atoms with Gasteiger partial charge in [-0.2, -0.15) is 0 Å². The molecule has 1 fully saturated rings. The van der Waals surface area contributed by atoms with Crippen LogP contribution < -0.4 is 10.7 Å². The third-order valence-electron chi connectivity index (χ3n) is 2.38. The molecule has 1 heterocycles. The van der Waals surface area contributed by atoms with Crippen molar-refractivity contribution >= 4 is 6.09 Å². The molecule has 0 radical (unpaired) electrons. The van der Waals surface area contributed by atoms with Crippen LogP contribution in [0.1, 0.15) is 33.6 Å². The number of rotatable bonds is 2. The highest BCUT2D eigenvalue weighted by Gasteiger charge is 2.22. The first-order valence-electron chi connectivity index (χ1n) is 5.82. The van der Waals surface area contributed by atoms with Gasteiger partial charge in [0.1, 0.15) is 5.60 Å². The van der Waals surface area contributed by atoms with Crippen molar-refractivity contribution in [1.82, 2.24) is 15.8 Å². The van der Waals surface area contributed by atoms with Crippen LogP contribution in [0.15, 0.2) is 0 Å². The van der Waals surface area contributed by atoms with E-state index in [1.165, 1.54) is 5.01 Å². The fraction of sp³-hybridized carbons (Fsp3) is 0.909. The minimum atomic E-state index is -0.443. The molecule has 1 aliphatic heterocycles. The molecule has 1 amide bonds. The Morgan fingerprint density at radius 1 is 1.38 bits per heavy atom. The van der Waals surface area contributed by atoms with E-state index in [4.69, 9.17) is 4.74 Å². The molecule has 0 spiro atoms. The van der Waals surface area contributed by atoms with Gasteiger partial charge in [0.25, 0.3) is 0 Å². The van der Waals surface area contributed by atoms with Crippen LogP contribution in [-0.2, 0) is 4.74 Å².